The number of aromatic nitrogens is 2. The first-order valence-corrected chi connectivity index (χ1v) is 12.8. The van der Waals surface area contributed by atoms with Gasteiger partial charge < -0.3 is 4.43 Å². The molecule has 0 radical (unpaired) electrons. The summed E-state index contributed by atoms with van der Waals surface area (Å²) in [5.41, 5.74) is 0. The highest BCUT2D eigenvalue weighted by Gasteiger charge is 2.39. The Morgan fingerprint density at radius 3 is 2.20 bits per heavy atom. The Bertz CT molecular complexity index is 328. The third-order valence-corrected chi connectivity index (χ3v) is 18.9. The molecular formula is C10H23N2OSi2+. The zero-order valence-electron chi connectivity index (χ0n) is 10.7. The second-order valence-corrected chi connectivity index (χ2v) is 21.5. The quantitative estimate of drug-likeness (QED) is 0.583. The van der Waals surface area contributed by atoms with Crippen molar-refractivity contribution in [3.8, 4) is 0 Å². The first-order chi connectivity index (χ1) is 6.72. The van der Waals surface area contributed by atoms with Gasteiger partial charge in [-0.25, -0.2) is 9.13 Å². The Labute approximate surface area is 94.6 Å². The van der Waals surface area contributed by atoms with Crippen molar-refractivity contribution in [3.05, 3.63) is 18.7 Å². The van der Waals surface area contributed by atoms with Crippen LogP contribution in [0.5, 0.6) is 0 Å². The van der Waals surface area contributed by atoms with Crippen LogP contribution in [0.15, 0.2) is 18.7 Å². The summed E-state index contributed by atoms with van der Waals surface area (Å²) in [5, 5.41) is 0. The molecule has 0 unspecified atom stereocenters. The lowest BCUT2D eigenvalue weighted by Crippen LogP contribution is -2.54. The second-order valence-electron chi connectivity index (χ2n) is 5.63. The van der Waals surface area contributed by atoms with Crippen molar-refractivity contribution in [2.75, 3.05) is 0 Å². The van der Waals surface area contributed by atoms with Gasteiger partial charge in [-0.3, -0.25) is 0 Å². The predicted molar refractivity (Wildman–Crippen MR) is 67.5 cm³/mol. The summed E-state index contributed by atoms with van der Waals surface area (Å²) < 4.78 is 10.3. The largest absolute Gasteiger partial charge is 0.386 e. The van der Waals surface area contributed by atoms with E-state index in [-0.39, 0.29) is 0 Å². The molecule has 0 saturated carbocycles. The Hall–Kier alpha value is -0.396. The van der Waals surface area contributed by atoms with Crippen LogP contribution >= 0.6 is 0 Å². The van der Waals surface area contributed by atoms with Crippen LogP contribution < -0.4 is 4.57 Å². The Morgan fingerprint density at radius 1 is 1.20 bits per heavy atom. The zero-order chi connectivity index (χ0) is 11.7. The highest BCUT2D eigenvalue weighted by Crippen LogP contribution is 2.20. The molecule has 0 aliphatic heterocycles. The lowest BCUT2D eigenvalue weighted by atomic mass is 10.9. The molecule has 0 fully saturated rings. The van der Waals surface area contributed by atoms with Crippen molar-refractivity contribution < 1.29 is 8.99 Å². The van der Waals surface area contributed by atoms with Crippen molar-refractivity contribution in [1.29, 1.82) is 0 Å². The van der Waals surface area contributed by atoms with E-state index in [1.165, 1.54) is 0 Å². The van der Waals surface area contributed by atoms with E-state index < -0.39 is 15.4 Å². The fourth-order valence-corrected chi connectivity index (χ4v) is 3.43. The van der Waals surface area contributed by atoms with Crippen LogP contribution in [0.1, 0.15) is 0 Å². The van der Waals surface area contributed by atoms with Gasteiger partial charge in [-0.15, -0.1) is 0 Å². The molecule has 1 rings (SSSR count). The van der Waals surface area contributed by atoms with Crippen LogP contribution in [0.4, 0.5) is 0 Å². The van der Waals surface area contributed by atoms with E-state index in [4.69, 9.17) is 4.43 Å². The number of rotatable bonds is 4. The summed E-state index contributed by atoms with van der Waals surface area (Å²) in [6, 6.07) is 0. The van der Waals surface area contributed by atoms with Crippen molar-refractivity contribution >= 4 is 15.4 Å². The summed E-state index contributed by atoms with van der Waals surface area (Å²) in [5.74, 6) is 0. The molecule has 0 aliphatic carbocycles. The van der Waals surface area contributed by atoms with Gasteiger partial charge in [0.25, 0.3) is 0 Å². The fraction of sp³-hybridized carbons (Fsp3) is 0.700. The molecule has 0 aromatic carbocycles. The first kappa shape index (κ1) is 12.7. The topological polar surface area (TPSA) is 18.0 Å². The molecule has 0 atom stereocenters. The van der Waals surface area contributed by atoms with Crippen molar-refractivity contribution in [1.82, 2.24) is 4.57 Å². The Kier molecular flexibility index (Phi) is 3.57. The van der Waals surface area contributed by atoms with Crippen LogP contribution in [0, 0.1) is 0 Å². The maximum absolute atomic E-state index is 6.14. The standard InChI is InChI=1S/C10H23N2OSi2/c1-11-7-8-12(9-11)10-13-15(5,6)14(2,3)4/h7-9H,10H2,1-6H3/q+1. The average Bonchev–Trinajstić information content (AvgIpc) is 2.46. The first-order valence-electron chi connectivity index (χ1n) is 5.37. The van der Waals surface area contributed by atoms with E-state index in [1.54, 1.807) is 0 Å². The molecule has 3 nitrogen and oxygen atoms in total. The Morgan fingerprint density at radius 2 is 1.80 bits per heavy atom. The molecule has 1 heterocycles. The average molecular weight is 243 g/mol. The maximum Gasteiger partial charge on any atom is 0.245 e. The van der Waals surface area contributed by atoms with Gasteiger partial charge in [-0.2, -0.15) is 0 Å². The summed E-state index contributed by atoms with van der Waals surface area (Å²) in [6.45, 7) is 12.6. The smallest absolute Gasteiger partial charge is 0.245 e. The number of hydrogen-bond donors (Lipinski definition) is 0. The molecule has 0 saturated heterocycles. The predicted octanol–water partition coefficient (Wildman–Crippen LogP) is 1.91. The molecule has 15 heavy (non-hydrogen) atoms. The molecule has 0 aliphatic rings. The lowest BCUT2D eigenvalue weighted by Gasteiger charge is -2.33. The van der Waals surface area contributed by atoms with E-state index in [0.717, 1.165) is 0 Å². The molecule has 1 aromatic rings. The van der Waals surface area contributed by atoms with Crippen molar-refractivity contribution in [2.45, 2.75) is 39.5 Å². The van der Waals surface area contributed by atoms with Crippen LogP contribution in [-0.2, 0) is 18.2 Å². The minimum absolute atomic E-state index is 0.699. The van der Waals surface area contributed by atoms with Gasteiger partial charge in [0.2, 0.25) is 6.33 Å². The summed E-state index contributed by atoms with van der Waals surface area (Å²) in [4.78, 5) is 0. The molecule has 1 aromatic heterocycles. The normalized spacial score (nSPS) is 13.2. The van der Waals surface area contributed by atoms with Gasteiger partial charge in [0.15, 0.2) is 14.6 Å². The van der Waals surface area contributed by atoms with E-state index in [0.29, 0.717) is 6.73 Å². The lowest BCUT2D eigenvalue weighted by molar-refractivity contribution is -0.671. The monoisotopic (exact) mass is 243 g/mol. The van der Waals surface area contributed by atoms with Gasteiger partial charge in [0.05, 0.1) is 14.6 Å². The zero-order valence-corrected chi connectivity index (χ0v) is 12.7. The summed E-state index contributed by atoms with van der Waals surface area (Å²) in [7, 11) is -0.580. The van der Waals surface area contributed by atoms with E-state index in [1.807, 2.05) is 17.8 Å². The highest BCUT2D eigenvalue weighted by molar-refractivity contribution is 7.37. The number of hydrogen-bond acceptors (Lipinski definition) is 1. The van der Waals surface area contributed by atoms with Crippen LogP contribution in [0.3, 0.4) is 0 Å². The van der Waals surface area contributed by atoms with E-state index >= 15 is 0 Å². The fourth-order valence-electron chi connectivity index (χ4n) is 1.03. The van der Waals surface area contributed by atoms with Crippen LogP contribution in [0.2, 0.25) is 32.7 Å². The molecule has 0 amide bonds. The van der Waals surface area contributed by atoms with Crippen LogP contribution in [0.25, 0.3) is 0 Å². The van der Waals surface area contributed by atoms with Gasteiger partial charge in [-0.1, -0.05) is 19.6 Å². The third-order valence-electron chi connectivity index (χ3n) is 3.20. The minimum Gasteiger partial charge on any atom is -0.386 e. The molecule has 0 N–H and O–H groups in total. The van der Waals surface area contributed by atoms with Crippen molar-refractivity contribution in [2.24, 2.45) is 7.05 Å². The number of aryl methyl sites for hydroxylation is 1. The summed E-state index contributed by atoms with van der Waals surface area (Å²) >= 11 is 0. The third kappa shape index (κ3) is 3.29. The van der Waals surface area contributed by atoms with Gasteiger partial charge in [-0.05, 0) is 13.1 Å². The second kappa shape index (κ2) is 4.23. The number of nitrogens with zero attached hydrogens (tertiary/aromatic N) is 2. The van der Waals surface area contributed by atoms with Gasteiger partial charge in [0, 0.05) is 0 Å². The van der Waals surface area contributed by atoms with E-state index in [2.05, 4.69) is 49.8 Å². The SMILES string of the molecule is C[n+]1ccn(CO[Si](C)(C)[Si](C)(C)C)c1. The molecular weight excluding hydrogens is 220 g/mol. The minimum atomic E-state index is -1.47. The van der Waals surface area contributed by atoms with Crippen molar-refractivity contribution in [3.63, 3.8) is 0 Å². The highest BCUT2D eigenvalue weighted by atomic mass is 29.3. The van der Waals surface area contributed by atoms with Crippen LogP contribution in [-0.4, -0.2) is 20.0 Å². The van der Waals surface area contributed by atoms with Gasteiger partial charge in [0.1, 0.15) is 12.4 Å². The molecule has 0 spiro atoms. The maximum atomic E-state index is 6.14. The number of imidazole rings is 1. The Balaban J connectivity index is 2.57. The molecule has 86 valence electrons. The van der Waals surface area contributed by atoms with Gasteiger partial charge >= 0.3 is 0 Å². The molecule has 0 bridgehead atoms. The summed E-state index contributed by atoms with van der Waals surface area (Å²) in [6.07, 6.45) is 6.13. The molecule has 5 heteroatoms. The van der Waals surface area contributed by atoms with E-state index in [9.17, 15) is 0 Å².